The fraction of sp³-hybridized carbons (Fsp3) is 0. The maximum Gasteiger partial charge on any atom is 0.289 e. The predicted molar refractivity (Wildman–Crippen MR) is 77.8 cm³/mol. The number of nitrogens with zero attached hydrogens (tertiary/aromatic N) is 3. The zero-order valence-corrected chi connectivity index (χ0v) is 11.4. The molecule has 1 aromatic heterocycles. The minimum atomic E-state index is -0.562. The van der Waals surface area contributed by atoms with Gasteiger partial charge >= 0.3 is 0 Å². The summed E-state index contributed by atoms with van der Waals surface area (Å²) in [5.41, 5.74) is 5.84. The maximum atomic E-state index is 11.6. The molecule has 0 aliphatic carbocycles. The molecule has 7 heteroatoms. The number of rotatable bonds is 3. The molecular weight excluding hydrogens is 282 g/mol. The van der Waals surface area contributed by atoms with E-state index in [9.17, 15) is 9.59 Å². The van der Waals surface area contributed by atoms with E-state index in [0.717, 1.165) is 5.56 Å². The highest BCUT2D eigenvalue weighted by atomic mass is 16.2. The Morgan fingerprint density at radius 1 is 1.14 bits per heavy atom. The molecule has 2 N–H and O–H groups in total. The molecule has 0 saturated heterocycles. The van der Waals surface area contributed by atoms with Crippen molar-refractivity contribution in [1.29, 1.82) is 5.26 Å². The Bertz CT molecular complexity index is 733. The van der Waals surface area contributed by atoms with Crippen LogP contribution in [-0.2, 0) is 4.79 Å². The second-order valence-corrected chi connectivity index (χ2v) is 4.10. The van der Waals surface area contributed by atoms with E-state index in [1.807, 2.05) is 6.07 Å². The van der Waals surface area contributed by atoms with Crippen molar-refractivity contribution in [3.63, 3.8) is 0 Å². The molecule has 22 heavy (non-hydrogen) atoms. The first-order valence-corrected chi connectivity index (χ1v) is 6.23. The molecule has 0 radical (unpaired) electrons. The van der Waals surface area contributed by atoms with Gasteiger partial charge in [0.25, 0.3) is 11.8 Å². The van der Waals surface area contributed by atoms with Crippen LogP contribution in [0.25, 0.3) is 6.08 Å². The van der Waals surface area contributed by atoms with Crippen LogP contribution in [-0.4, -0.2) is 21.8 Å². The Hall–Kier alpha value is -3.53. The van der Waals surface area contributed by atoms with Gasteiger partial charge < -0.3 is 0 Å². The molecule has 2 aromatic rings. The standard InChI is InChI=1S/C15H11N5O2/c16-9-12-3-1-11(2-4-12)5-6-14(21)19-20-15(22)13-10-17-7-8-18-13/h1-8,10H,(H,19,21)(H,20,22)/b6-5+. The van der Waals surface area contributed by atoms with E-state index in [2.05, 4.69) is 20.8 Å². The van der Waals surface area contributed by atoms with Crippen molar-refractivity contribution in [2.45, 2.75) is 0 Å². The molecular formula is C15H11N5O2. The second-order valence-electron chi connectivity index (χ2n) is 4.10. The summed E-state index contributed by atoms with van der Waals surface area (Å²) in [4.78, 5) is 30.7. The van der Waals surface area contributed by atoms with Gasteiger partial charge in [0.2, 0.25) is 0 Å². The largest absolute Gasteiger partial charge is 0.289 e. The van der Waals surface area contributed by atoms with E-state index in [4.69, 9.17) is 5.26 Å². The molecule has 108 valence electrons. The van der Waals surface area contributed by atoms with E-state index in [1.54, 1.807) is 30.3 Å². The minimum Gasteiger partial charge on any atom is -0.268 e. The van der Waals surface area contributed by atoms with Crippen LogP contribution in [0.4, 0.5) is 0 Å². The first kappa shape index (κ1) is 14.9. The van der Waals surface area contributed by atoms with Gasteiger partial charge in [0.15, 0.2) is 0 Å². The summed E-state index contributed by atoms with van der Waals surface area (Å²) in [6.45, 7) is 0. The van der Waals surface area contributed by atoms with Crippen molar-refractivity contribution in [3.8, 4) is 6.07 Å². The molecule has 0 bridgehead atoms. The van der Waals surface area contributed by atoms with Gasteiger partial charge in [-0.1, -0.05) is 12.1 Å². The summed E-state index contributed by atoms with van der Waals surface area (Å²) < 4.78 is 0. The van der Waals surface area contributed by atoms with Gasteiger partial charge in [0, 0.05) is 18.5 Å². The lowest BCUT2D eigenvalue weighted by molar-refractivity contribution is -0.117. The summed E-state index contributed by atoms with van der Waals surface area (Å²) in [5.74, 6) is -1.06. The van der Waals surface area contributed by atoms with Gasteiger partial charge in [-0.05, 0) is 23.8 Å². The average Bonchev–Trinajstić information content (AvgIpc) is 2.59. The third-order valence-electron chi connectivity index (χ3n) is 2.56. The van der Waals surface area contributed by atoms with Crippen molar-refractivity contribution in [2.75, 3.05) is 0 Å². The zero-order valence-electron chi connectivity index (χ0n) is 11.4. The smallest absolute Gasteiger partial charge is 0.268 e. The number of nitriles is 1. The average molecular weight is 293 g/mol. The van der Waals surface area contributed by atoms with Gasteiger partial charge in [-0.15, -0.1) is 0 Å². The molecule has 0 fully saturated rings. The number of carbonyl (C=O) groups is 2. The molecule has 7 nitrogen and oxygen atoms in total. The van der Waals surface area contributed by atoms with Gasteiger partial charge in [-0.25, -0.2) is 4.98 Å². The van der Waals surface area contributed by atoms with E-state index in [-0.39, 0.29) is 5.69 Å². The third-order valence-corrected chi connectivity index (χ3v) is 2.56. The molecule has 0 atom stereocenters. The number of nitrogens with one attached hydrogen (secondary N) is 2. The van der Waals surface area contributed by atoms with Crippen molar-refractivity contribution >= 4 is 17.9 Å². The van der Waals surface area contributed by atoms with E-state index < -0.39 is 11.8 Å². The van der Waals surface area contributed by atoms with Crippen LogP contribution < -0.4 is 10.9 Å². The van der Waals surface area contributed by atoms with Crippen LogP contribution >= 0.6 is 0 Å². The van der Waals surface area contributed by atoms with Gasteiger partial charge in [-0.2, -0.15) is 5.26 Å². The SMILES string of the molecule is N#Cc1ccc(/C=C/C(=O)NNC(=O)c2cnccn2)cc1. The lowest BCUT2D eigenvalue weighted by Crippen LogP contribution is -2.41. The highest BCUT2D eigenvalue weighted by molar-refractivity contribution is 5.96. The number of aromatic nitrogens is 2. The number of carbonyl (C=O) groups excluding carboxylic acids is 2. The van der Waals surface area contributed by atoms with Crippen LogP contribution in [0.3, 0.4) is 0 Å². The number of hydrazine groups is 1. The highest BCUT2D eigenvalue weighted by Gasteiger charge is 2.06. The Kier molecular flexibility index (Phi) is 4.94. The summed E-state index contributed by atoms with van der Waals surface area (Å²) in [7, 11) is 0. The van der Waals surface area contributed by atoms with Crippen LogP contribution in [0, 0.1) is 11.3 Å². The topological polar surface area (TPSA) is 108 Å². The van der Waals surface area contributed by atoms with Crippen molar-refractivity contribution in [3.05, 3.63) is 65.8 Å². The quantitative estimate of drug-likeness (QED) is 0.643. The first-order chi connectivity index (χ1) is 10.7. The summed E-state index contributed by atoms with van der Waals surface area (Å²) in [6.07, 6.45) is 6.93. The van der Waals surface area contributed by atoms with Crippen LogP contribution in [0.15, 0.2) is 48.9 Å². The first-order valence-electron chi connectivity index (χ1n) is 6.23. The molecule has 0 saturated carbocycles. The number of hydrogen-bond acceptors (Lipinski definition) is 5. The molecule has 2 amide bonds. The van der Waals surface area contributed by atoms with Gasteiger partial charge in [0.05, 0.1) is 17.8 Å². The molecule has 0 aliphatic rings. The van der Waals surface area contributed by atoms with E-state index in [1.165, 1.54) is 24.7 Å². The van der Waals surface area contributed by atoms with Crippen LogP contribution in [0.1, 0.15) is 21.6 Å². The lowest BCUT2D eigenvalue weighted by atomic mass is 10.1. The number of benzene rings is 1. The fourth-order valence-electron chi connectivity index (χ4n) is 1.48. The maximum absolute atomic E-state index is 11.6. The van der Waals surface area contributed by atoms with Crippen molar-refractivity contribution in [2.24, 2.45) is 0 Å². The monoisotopic (exact) mass is 293 g/mol. The minimum absolute atomic E-state index is 0.0962. The molecule has 0 aliphatic heterocycles. The molecule has 2 rings (SSSR count). The van der Waals surface area contributed by atoms with Crippen molar-refractivity contribution < 1.29 is 9.59 Å². The molecule has 1 aromatic carbocycles. The molecule has 0 spiro atoms. The van der Waals surface area contributed by atoms with Crippen LogP contribution in [0.5, 0.6) is 0 Å². The summed E-state index contributed by atoms with van der Waals surface area (Å²) in [6, 6.07) is 8.72. The van der Waals surface area contributed by atoms with E-state index >= 15 is 0 Å². The zero-order chi connectivity index (χ0) is 15.8. The van der Waals surface area contributed by atoms with Gasteiger partial charge in [-0.3, -0.25) is 25.4 Å². The van der Waals surface area contributed by atoms with Crippen LogP contribution in [0.2, 0.25) is 0 Å². The third kappa shape index (κ3) is 4.25. The predicted octanol–water partition coefficient (Wildman–Crippen LogP) is 0.823. The Labute approximate surface area is 126 Å². The molecule has 0 unspecified atom stereocenters. The van der Waals surface area contributed by atoms with E-state index in [0.29, 0.717) is 5.56 Å². The fourth-order valence-corrected chi connectivity index (χ4v) is 1.48. The summed E-state index contributed by atoms with van der Waals surface area (Å²) in [5, 5.41) is 8.68. The van der Waals surface area contributed by atoms with Gasteiger partial charge in [0.1, 0.15) is 5.69 Å². The second kappa shape index (κ2) is 7.31. The Morgan fingerprint density at radius 2 is 1.91 bits per heavy atom. The Balaban J connectivity index is 1.86. The van der Waals surface area contributed by atoms with Crippen molar-refractivity contribution in [1.82, 2.24) is 20.8 Å². The highest BCUT2D eigenvalue weighted by Crippen LogP contribution is 2.04. The Morgan fingerprint density at radius 3 is 2.55 bits per heavy atom. The molecule has 1 heterocycles. The normalized spacial score (nSPS) is 9.95. The number of hydrogen-bond donors (Lipinski definition) is 2. The number of amides is 2. The lowest BCUT2D eigenvalue weighted by Gasteiger charge is -2.03. The summed E-state index contributed by atoms with van der Waals surface area (Å²) >= 11 is 0.